The summed E-state index contributed by atoms with van der Waals surface area (Å²) in [5.74, 6) is -0.142. The van der Waals surface area contributed by atoms with Crippen LogP contribution in [0.1, 0.15) is 59.1 Å². The number of amides is 2. The molecule has 0 spiro atoms. The summed E-state index contributed by atoms with van der Waals surface area (Å²) in [6.07, 6.45) is 1.87. The molecule has 0 aliphatic rings. The zero-order chi connectivity index (χ0) is 19.0. The maximum Gasteiger partial charge on any atom is 0.237 e. The van der Waals surface area contributed by atoms with Crippen LogP contribution < -0.4 is 10.6 Å². The highest BCUT2D eigenvalue weighted by molar-refractivity contribution is 5.83. The number of rotatable bonds is 8. The predicted molar refractivity (Wildman–Crippen MR) is 102 cm³/mol. The average molecular weight is 348 g/mol. The van der Waals surface area contributed by atoms with Gasteiger partial charge in [0.15, 0.2) is 0 Å². The van der Waals surface area contributed by atoms with E-state index in [1.807, 2.05) is 58.0 Å². The maximum atomic E-state index is 12.6. The molecule has 2 amide bonds. The molecule has 5 heteroatoms. The van der Waals surface area contributed by atoms with Crippen LogP contribution in [-0.4, -0.2) is 41.9 Å². The van der Waals surface area contributed by atoms with Gasteiger partial charge in [-0.25, -0.2) is 0 Å². The van der Waals surface area contributed by atoms with Crippen molar-refractivity contribution < 1.29 is 9.59 Å². The quantitative estimate of drug-likeness (QED) is 0.760. The Bertz CT molecular complexity index is 552. The Morgan fingerprint density at radius 1 is 1.16 bits per heavy atom. The summed E-state index contributed by atoms with van der Waals surface area (Å²) in [7, 11) is 1.80. The number of hydrogen-bond donors (Lipinski definition) is 2. The predicted octanol–water partition coefficient (Wildman–Crippen LogP) is 2.88. The molecule has 1 rings (SSSR count). The standard InChI is InChI=1S/C20H33N3O2/c1-7-11-17(16-12-9-8-10-13-16)21-19(25)15(2)23(6)14-18(24)22-20(3,4)5/h8-10,12-13,15,17H,7,11,14H2,1-6H3,(H,21,25)(H,22,24)/t15-,17+/m1/s1. The molecular formula is C20H33N3O2. The lowest BCUT2D eigenvalue weighted by Crippen LogP contribution is -2.50. The van der Waals surface area contributed by atoms with E-state index in [4.69, 9.17) is 0 Å². The Hall–Kier alpha value is -1.88. The topological polar surface area (TPSA) is 61.4 Å². The molecule has 0 saturated heterocycles. The third kappa shape index (κ3) is 7.69. The third-order valence-electron chi connectivity index (χ3n) is 4.04. The maximum absolute atomic E-state index is 12.6. The van der Waals surface area contributed by atoms with Crippen LogP contribution >= 0.6 is 0 Å². The smallest absolute Gasteiger partial charge is 0.237 e. The summed E-state index contributed by atoms with van der Waals surface area (Å²) >= 11 is 0. The molecule has 5 nitrogen and oxygen atoms in total. The first kappa shape index (κ1) is 21.2. The van der Waals surface area contributed by atoms with E-state index >= 15 is 0 Å². The van der Waals surface area contributed by atoms with Crippen molar-refractivity contribution in [2.75, 3.05) is 13.6 Å². The molecule has 2 N–H and O–H groups in total. The van der Waals surface area contributed by atoms with Crippen LogP contribution in [0.2, 0.25) is 0 Å². The van der Waals surface area contributed by atoms with E-state index in [9.17, 15) is 9.59 Å². The van der Waals surface area contributed by atoms with Crippen LogP contribution in [0.5, 0.6) is 0 Å². The van der Waals surface area contributed by atoms with Gasteiger partial charge in [-0.2, -0.15) is 0 Å². The molecule has 0 fully saturated rings. The Morgan fingerprint density at radius 2 is 1.76 bits per heavy atom. The van der Waals surface area contributed by atoms with Crippen molar-refractivity contribution >= 4 is 11.8 Å². The molecule has 0 bridgehead atoms. The summed E-state index contributed by atoms with van der Waals surface area (Å²) in [6.45, 7) is 9.94. The number of likely N-dealkylation sites (N-methyl/N-ethyl adjacent to an activating group) is 1. The van der Waals surface area contributed by atoms with Crippen molar-refractivity contribution in [1.82, 2.24) is 15.5 Å². The minimum absolute atomic E-state index is 0.00190. The van der Waals surface area contributed by atoms with Crippen LogP contribution in [0.3, 0.4) is 0 Å². The fraction of sp³-hybridized carbons (Fsp3) is 0.600. The van der Waals surface area contributed by atoms with Crippen LogP contribution in [0.25, 0.3) is 0 Å². The Kier molecular flexibility index (Phi) is 8.10. The first-order chi connectivity index (χ1) is 11.6. The summed E-state index contributed by atoms with van der Waals surface area (Å²) < 4.78 is 0. The van der Waals surface area contributed by atoms with E-state index in [2.05, 4.69) is 17.6 Å². The summed E-state index contributed by atoms with van der Waals surface area (Å²) in [6, 6.07) is 9.62. The minimum Gasteiger partial charge on any atom is -0.350 e. The van der Waals surface area contributed by atoms with Crippen molar-refractivity contribution in [2.45, 2.75) is 65.1 Å². The van der Waals surface area contributed by atoms with Crippen LogP contribution in [0, 0.1) is 0 Å². The lowest BCUT2D eigenvalue weighted by Gasteiger charge is -2.28. The van der Waals surface area contributed by atoms with Crippen molar-refractivity contribution in [3.63, 3.8) is 0 Å². The van der Waals surface area contributed by atoms with Gasteiger partial charge in [-0.05, 0) is 46.7 Å². The number of hydrogen-bond acceptors (Lipinski definition) is 3. The van der Waals surface area contributed by atoms with Gasteiger partial charge < -0.3 is 10.6 Å². The van der Waals surface area contributed by atoms with Gasteiger partial charge in [-0.3, -0.25) is 14.5 Å². The second-order valence-electron chi connectivity index (χ2n) is 7.65. The molecule has 0 saturated carbocycles. The van der Waals surface area contributed by atoms with Crippen molar-refractivity contribution in [1.29, 1.82) is 0 Å². The molecule has 0 aromatic heterocycles. The molecule has 140 valence electrons. The average Bonchev–Trinajstić information content (AvgIpc) is 2.52. The second kappa shape index (κ2) is 9.56. The fourth-order valence-electron chi connectivity index (χ4n) is 2.61. The molecule has 0 aliphatic heterocycles. The Labute approximate surface area is 152 Å². The highest BCUT2D eigenvalue weighted by atomic mass is 16.2. The van der Waals surface area contributed by atoms with Gasteiger partial charge in [0.25, 0.3) is 0 Å². The normalized spacial score (nSPS) is 14.0. The van der Waals surface area contributed by atoms with Crippen LogP contribution in [0.15, 0.2) is 30.3 Å². The minimum atomic E-state index is -0.381. The molecule has 1 aromatic carbocycles. The summed E-state index contributed by atoms with van der Waals surface area (Å²) in [4.78, 5) is 26.5. The van der Waals surface area contributed by atoms with Crippen LogP contribution in [0.4, 0.5) is 0 Å². The third-order valence-corrected chi connectivity index (χ3v) is 4.04. The highest BCUT2D eigenvalue weighted by Gasteiger charge is 2.24. The molecule has 0 heterocycles. The van der Waals surface area contributed by atoms with Gasteiger partial charge in [0.1, 0.15) is 0 Å². The lowest BCUT2D eigenvalue weighted by molar-refractivity contribution is -0.128. The van der Waals surface area contributed by atoms with Gasteiger partial charge in [-0.1, -0.05) is 43.7 Å². The number of benzene rings is 1. The molecular weight excluding hydrogens is 314 g/mol. The number of carbonyl (C=O) groups excluding carboxylic acids is 2. The van der Waals surface area contributed by atoms with Gasteiger partial charge in [0.05, 0.1) is 18.6 Å². The van der Waals surface area contributed by atoms with Crippen LogP contribution in [-0.2, 0) is 9.59 Å². The molecule has 2 atom stereocenters. The Balaban J connectivity index is 2.65. The molecule has 1 aromatic rings. The first-order valence-corrected chi connectivity index (χ1v) is 9.00. The zero-order valence-electron chi connectivity index (χ0n) is 16.4. The van der Waals surface area contributed by atoms with E-state index in [1.54, 1.807) is 11.9 Å². The lowest BCUT2D eigenvalue weighted by atomic mass is 10.0. The van der Waals surface area contributed by atoms with E-state index < -0.39 is 0 Å². The number of nitrogens with one attached hydrogen (secondary N) is 2. The fourth-order valence-corrected chi connectivity index (χ4v) is 2.61. The second-order valence-corrected chi connectivity index (χ2v) is 7.65. The van der Waals surface area contributed by atoms with Gasteiger partial charge >= 0.3 is 0 Å². The first-order valence-electron chi connectivity index (χ1n) is 9.00. The highest BCUT2D eigenvalue weighted by Crippen LogP contribution is 2.18. The molecule has 0 aliphatic carbocycles. The zero-order valence-corrected chi connectivity index (χ0v) is 16.4. The largest absolute Gasteiger partial charge is 0.350 e. The SMILES string of the molecule is CCC[C@H](NC(=O)[C@@H](C)N(C)CC(=O)NC(C)(C)C)c1ccccc1. The van der Waals surface area contributed by atoms with Crippen molar-refractivity contribution in [3.05, 3.63) is 35.9 Å². The van der Waals surface area contributed by atoms with E-state index in [0.29, 0.717) is 0 Å². The van der Waals surface area contributed by atoms with E-state index in [-0.39, 0.29) is 36.0 Å². The van der Waals surface area contributed by atoms with Crippen molar-refractivity contribution in [3.8, 4) is 0 Å². The summed E-state index contributed by atoms with van der Waals surface area (Å²) in [5.41, 5.74) is 0.834. The Morgan fingerprint density at radius 3 is 2.28 bits per heavy atom. The monoisotopic (exact) mass is 347 g/mol. The van der Waals surface area contributed by atoms with E-state index in [1.165, 1.54) is 0 Å². The van der Waals surface area contributed by atoms with Gasteiger partial charge in [-0.15, -0.1) is 0 Å². The van der Waals surface area contributed by atoms with Gasteiger partial charge in [0, 0.05) is 5.54 Å². The molecule has 0 radical (unpaired) electrons. The molecule has 0 unspecified atom stereocenters. The number of nitrogens with zero attached hydrogens (tertiary/aromatic N) is 1. The molecule has 25 heavy (non-hydrogen) atoms. The van der Waals surface area contributed by atoms with Gasteiger partial charge in [0.2, 0.25) is 11.8 Å². The van der Waals surface area contributed by atoms with E-state index in [0.717, 1.165) is 18.4 Å². The van der Waals surface area contributed by atoms with Crippen molar-refractivity contribution in [2.24, 2.45) is 0 Å². The number of carbonyl (C=O) groups is 2. The summed E-state index contributed by atoms with van der Waals surface area (Å²) in [5, 5.41) is 6.04.